The molecule has 0 amide bonds. The van der Waals surface area contributed by atoms with Crippen molar-refractivity contribution in [2.24, 2.45) is 22.2 Å². The normalized spacial score (nSPS) is 38.8. The second kappa shape index (κ2) is 8.16. The van der Waals surface area contributed by atoms with Crippen molar-refractivity contribution in [1.29, 1.82) is 0 Å². The maximum atomic E-state index is 13.7. The van der Waals surface area contributed by atoms with Crippen LogP contribution in [0, 0.1) is 22.2 Å². The first kappa shape index (κ1) is 24.2. The molecule has 0 spiro atoms. The summed E-state index contributed by atoms with van der Waals surface area (Å²) in [6.07, 6.45) is 2.63. The number of hydrogen-bond acceptors (Lipinski definition) is 7. The number of ketones is 1. The van der Waals surface area contributed by atoms with Gasteiger partial charge in [-0.25, -0.2) is 0 Å². The Kier molecular flexibility index (Phi) is 6.17. The van der Waals surface area contributed by atoms with Gasteiger partial charge in [-0.2, -0.15) is 0 Å². The molecule has 32 heavy (non-hydrogen) atoms. The summed E-state index contributed by atoms with van der Waals surface area (Å²) in [6, 6.07) is 0. The molecule has 0 saturated heterocycles. The third-order valence-electron chi connectivity index (χ3n) is 8.00. The minimum absolute atomic E-state index is 0.0794. The Bertz CT molecular complexity index is 902. The molecule has 0 N–H and O–H groups in total. The first-order valence-electron chi connectivity index (χ1n) is 11.2. The van der Waals surface area contributed by atoms with Gasteiger partial charge in [-0.3, -0.25) is 19.2 Å². The summed E-state index contributed by atoms with van der Waals surface area (Å²) in [5.74, 6) is -1.66. The Morgan fingerprint density at radius 3 is 2.22 bits per heavy atom. The summed E-state index contributed by atoms with van der Waals surface area (Å²) < 4.78 is 16.7. The Labute approximate surface area is 189 Å². The van der Waals surface area contributed by atoms with Crippen molar-refractivity contribution in [2.45, 2.75) is 78.9 Å². The third kappa shape index (κ3) is 3.59. The highest BCUT2D eigenvalue weighted by Crippen LogP contribution is 2.63. The molecule has 0 heterocycles. The number of esters is 3. The topological polar surface area (TPSA) is 96.0 Å². The Morgan fingerprint density at radius 2 is 1.69 bits per heavy atom. The second-order valence-corrected chi connectivity index (χ2v) is 10.2. The van der Waals surface area contributed by atoms with Crippen LogP contribution in [0.2, 0.25) is 0 Å². The zero-order valence-electron chi connectivity index (χ0n) is 19.9. The van der Waals surface area contributed by atoms with Crippen molar-refractivity contribution in [3.8, 4) is 0 Å². The van der Waals surface area contributed by atoms with Crippen LogP contribution < -0.4 is 0 Å². The molecule has 1 saturated carbocycles. The SMILES string of the molecule is C=C[C@@]1(C)CC(=O)C2=C([C@H]1OC(C)=O)[C@H](OC(C)=O)C[C@H]1[C@](C)(C(=O)OC)CCC[C@]21C. The predicted molar refractivity (Wildman–Crippen MR) is 116 cm³/mol. The van der Waals surface area contributed by atoms with E-state index < -0.39 is 40.4 Å². The largest absolute Gasteiger partial charge is 0.469 e. The number of carbonyl (C=O) groups is 4. The fraction of sp³-hybridized carbons (Fsp3) is 0.680. The van der Waals surface area contributed by atoms with Crippen molar-refractivity contribution in [3.63, 3.8) is 0 Å². The monoisotopic (exact) mass is 446 g/mol. The van der Waals surface area contributed by atoms with Gasteiger partial charge >= 0.3 is 17.9 Å². The van der Waals surface area contributed by atoms with E-state index in [0.717, 1.165) is 6.42 Å². The molecule has 0 aromatic carbocycles. The fourth-order valence-electron chi connectivity index (χ4n) is 6.52. The minimum atomic E-state index is -0.830. The second-order valence-electron chi connectivity index (χ2n) is 10.2. The highest BCUT2D eigenvalue weighted by molar-refractivity contribution is 6.00. The van der Waals surface area contributed by atoms with Gasteiger partial charge < -0.3 is 14.2 Å². The molecule has 7 nitrogen and oxygen atoms in total. The predicted octanol–water partition coefficient (Wildman–Crippen LogP) is 3.70. The summed E-state index contributed by atoms with van der Waals surface area (Å²) in [5.41, 5.74) is -1.20. The van der Waals surface area contributed by atoms with Gasteiger partial charge in [-0.15, -0.1) is 6.58 Å². The smallest absolute Gasteiger partial charge is 0.311 e. The molecular formula is C25H34O7. The van der Waals surface area contributed by atoms with Crippen LogP contribution in [0.5, 0.6) is 0 Å². The number of methoxy groups -OCH3 is 1. The molecule has 0 bridgehead atoms. The Balaban J connectivity index is 2.30. The van der Waals surface area contributed by atoms with Crippen LogP contribution in [0.15, 0.2) is 23.8 Å². The van der Waals surface area contributed by atoms with Crippen LogP contribution in [0.3, 0.4) is 0 Å². The van der Waals surface area contributed by atoms with Crippen molar-refractivity contribution in [3.05, 3.63) is 23.8 Å². The summed E-state index contributed by atoms with van der Waals surface area (Å²) in [4.78, 5) is 50.7. The van der Waals surface area contributed by atoms with E-state index >= 15 is 0 Å². The van der Waals surface area contributed by atoms with E-state index in [1.807, 2.05) is 20.8 Å². The van der Waals surface area contributed by atoms with E-state index in [-0.39, 0.29) is 24.1 Å². The lowest BCUT2D eigenvalue weighted by molar-refractivity contribution is -0.169. The highest BCUT2D eigenvalue weighted by atomic mass is 16.6. The maximum absolute atomic E-state index is 13.7. The van der Waals surface area contributed by atoms with Crippen molar-refractivity contribution >= 4 is 23.7 Å². The average molecular weight is 447 g/mol. The highest BCUT2D eigenvalue weighted by Gasteiger charge is 2.63. The zero-order valence-corrected chi connectivity index (χ0v) is 19.9. The van der Waals surface area contributed by atoms with Gasteiger partial charge in [0.25, 0.3) is 0 Å². The molecule has 3 rings (SSSR count). The molecule has 3 aliphatic carbocycles. The molecule has 1 fully saturated rings. The van der Waals surface area contributed by atoms with Gasteiger partial charge in [-0.05, 0) is 32.1 Å². The molecule has 176 valence electrons. The molecular weight excluding hydrogens is 412 g/mol. The molecule has 3 aliphatic rings. The fourth-order valence-corrected chi connectivity index (χ4v) is 6.52. The third-order valence-corrected chi connectivity index (χ3v) is 8.00. The summed E-state index contributed by atoms with van der Waals surface area (Å²) in [7, 11) is 1.37. The molecule has 7 heteroatoms. The van der Waals surface area contributed by atoms with Gasteiger partial charge in [0.2, 0.25) is 0 Å². The average Bonchev–Trinajstić information content (AvgIpc) is 2.70. The number of ether oxygens (including phenoxy) is 3. The van der Waals surface area contributed by atoms with Crippen LogP contribution in [-0.4, -0.2) is 43.0 Å². The lowest BCUT2D eigenvalue weighted by Crippen LogP contribution is -2.59. The van der Waals surface area contributed by atoms with Gasteiger partial charge in [0.15, 0.2) is 5.78 Å². The van der Waals surface area contributed by atoms with Gasteiger partial charge in [0.05, 0.1) is 12.5 Å². The minimum Gasteiger partial charge on any atom is -0.469 e. The molecule has 0 unspecified atom stereocenters. The molecule has 0 aliphatic heterocycles. The van der Waals surface area contributed by atoms with Crippen molar-refractivity contribution in [1.82, 2.24) is 0 Å². The summed E-state index contributed by atoms with van der Waals surface area (Å²) >= 11 is 0. The first-order chi connectivity index (χ1) is 14.8. The van der Waals surface area contributed by atoms with Crippen molar-refractivity contribution < 1.29 is 33.4 Å². The number of fused-ring (bicyclic) bond motifs is 2. The lowest BCUT2D eigenvalue weighted by Gasteiger charge is -2.58. The zero-order chi connectivity index (χ0) is 24.1. The number of Topliss-reactive ketones (excluding diaryl/α,β-unsaturated/α-hetero) is 1. The van der Waals surface area contributed by atoms with Crippen LogP contribution >= 0.6 is 0 Å². The Hall–Kier alpha value is -2.44. The maximum Gasteiger partial charge on any atom is 0.311 e. The molecule has 0 aromatic heterocycles. The lowest BCUT2D eigenvalue weighted by atomic mass is 9.46. The number of hydrogen-bond donors (Lipinski definition) is 0. The van der Waals surface area contributed by atoms with Crippen LogP contribution in [0.25, 0.3) is 0 Å². The summed E-state index contributed by atoms with van der Waals surface area (Å²) in [5, 5.41) is 0. The first-order valence-corrected chi connectivity index (χ1v) is 11.2. The number of rotatable bonds is 4. The number of carbonyl (C=O) groups excluding carboxylic acids is 4. The molecule has 0 radical (unpaired) electrons. The molecule has 6 atom stereocenters. The van der Waals surface area contributed by atoms with Crippen LogP contribution in [0.4, 0.5) is 0 Å². The quantitative estimate of drug-likeness (QED) is 0.369. The number of allylic oxidation sites excluding steroid dienone is 1. The van der Waals surface area contributed by atoms with E-state index in [0.29, 0.717) is 30.4 Å². The van der Waals surface area contributed by atoms with Gasteiger partial charge in [0, 0.05) is 42.2 Å². The van der Waals surface area contributed by atoms with E-state index in [2.05, 4.69) is 6.58 Å². The Morgan fingerprint density at radius 1 is 1.06 bits per heavy atom. The standard InChI is InChI=1S/C25H34O7/c1-8-23(4)13-16(28)20-19(21(23)32-15(3)27)17(31-14(2)26)12-18-24(20,5)10-9-11-25(18,6)22(29)30-7/h8,17-18,21H,1,9-13H2,2-7H3/t17-,18-,21-,23+,24+,25-/m1/s1. The van der Waals surface area contributed by atoms with Crippen LogP contribution in [0.1, 0.15) is 66.7 Å². The van der Waals surface area contributed by atoms with E-state index in [1.165, 1.54) is 21.0 Å². The summed E-state index contributed by atoms with van der Waals surface area (Å²) in [6.45, 7) is 12.2. The van der Waals surface area contributed by atoms with Crippen molar-refractivity contribution in [2.75, 3.05) is 7.11 Å². The van der Waals surface area contributed by atoms with E-state index in [9.17, 15) is 19.2 Å². The van der Waals surface area contributed by atoms with Gasteiger partial charge in [-0.1, -0.05) is 26.3 Å². The van der Waals surface area contributed by atoms with Crippen LogP contribution in [-0.2, 0) is 33.4 Å². The van der Waals surface area contributed by atoms with Gasteiger partial charge in [0.1, 0.15) is 12.2 Å². The van der Waals surface area contributed by atoms with E-state index in [4.69, 9.17) is 14.2 Å². The van der Waals surface area contributed by atoms with E-state index in [1.54, 1.807) is 6.08 Å². The molecule has 0 aromatic rings.